The molecule has 1 heterocycles. The Bertz CT molecular complexity index is 981. The minimum absolute atomic E-state index is 0.0310. The maximum absolute atomic E-state index is 14.0. The van der Waals surface area contributed by atoms with Gasteiger partial charge in [0.2, 0.25) is 0 Å². The lowest BCUT2D eigenvalue weighted by atomic mass is 9.82. The second kappa shape index (κ2) is 9.71. The minimum Gasteiger partial charge on any atom is -0.489 e. The van der Waals surface area contributed by atoms with Crippen molar-refractivity contribution in [3.8, 4) is 5.75 Å². The summed E-state index contributed by atoms with van der Waals surface area (Å²) in [5.74, 6) is -1.11. The molecule has 180 valence electrons. The van der Waals surface area contributed by atoms with Crippen LogP contribution in [0.2, 0.25) is 0 Å². The summed E-state index contributed by atoms with van der Waals surface area (Å²) in [6, 6.07) is 7.44. The molecule has 8 heteroatoms. The fourth-order valence-electron chi connectivity index (χ4n) is 4.16. The van der Waals surface area contributed by atoms with E-state index in [0.717, 1.165) is 18.9 Å². The van der Waals surface area contributed by atoms with E-state index in [1.165, 1.54) is 18.2 Å². The van der Waals surface area contributed by atoms with Gasteiger partial charge in [-0.15, -0.1) is 0 Å². The molecule has 0 aromatic heterocycles. The first-order valence-corrected chi connectivity index (χ1v) is 10.9. The Morgan fingerprint density at radius 2 is 1.76 bits per heavy atom. The topological polar surface area (TPSA) is 49.8 Å². The highest BCUT2D eigenvalue weighted by molar-refractivity contribution is 5.73. The van der Waals surface area contributed by atoms with Crippen molar-refractivity contribution in [1.82, 2.24) is 4.90 Å². The SMILES string of the molecule is CC(C)(C)c1cc(OCc2ccc(F)cc2)c(CN2CCCC[C@H]2C(=O)O)cc1C(F)(F)F. The molecule has 1 atom stereocenters. The Balaban J connectivity index is 2.03. The van der Waals surface area contributed by atoms with Crippen LogP contribution in [-0.4, -0.2) is 28.6 Å². The molecule has 2 aromatic carbocycles. The molecule has 1 fully saturated rings. The normalized spacial score (nSPS) is 17.7. The largest absolute Gasteiger partial charge is 0.489 e. The lowest BCUT2D eigenvalue weighted by molar-refractivity contribution is -0.145. The third-order valence-electron chi connectivity index (χ3n) is 5.89. The fraction of sp³-hybridized carbons (Fsp3) is 0.480. The van der Waals surface area contributed by atoms with Gasteiger partial charge < -0.3 is 9.84 Å². The highest BCUT2D eigenvalue weighted by Crippen LogP contribution is 2.41. The summed E-state index contributed by atoms with van der Waals surface area (Å²) in [5.41, 5.74) is -0.498. The van der Waals surface area contributed by atoms with Crippen molar-refractivity contribution >= 4 is 5.97 Å². The average molecular weight is 468 g/mol. The lowest BCUT2D eigenvalue weighted by Crippen LogP contribution is -2.44. The van der Waals surface area contributed by atoms with Crippen LogP contribution >= 0.6 is 0 Å². The van der Waals surface area contributed by atoms with Crippen LogP contribution in [0.4, 0.5) is 17.6 Å². The van der Waals surface area contributed by atoms with Crippen LogP contribution in [0.15, 0.2) is 36.4 Å². The summed E-state index contributed by atoms with van der Waals surface area (Å²) < 4.78 is 61.1. The zero-order valence-electron chi connectivity index (χ0n) is 19.0. The lowest BCUT2D eigenvalue weighted by Gasteiger charge is -2.34. The summed E-state index contributed by atoms with van der Waals surface area (Å²) in [6.45, 7) is 5.66. The molecule has 0 aliphatic carbocycles. The zero-order chi connectivity index (χ0) is 24.4. The number of carboxylic acid groups (broad SMARTS) is 1. The quantitative estimate of drug-likeness (QED) is 0.517. The molecule has 33 heavy (non-hydrogen) atoms. The molecular formula is C25H29F4NO3. The van der Waals surface area contributed by atoms with Crippen molar-refractivity contribution in [2.45, 2.75) is 70.8 Å². The van der Waals surface area contributed by atoms with Gasteiger partial charge in [-0.3, -0.25) is 9.69 Å². The van der Waals surface area contributed by atoms with Crippen molar-refractivity contribution in [2.24, 2.45) is 0 Å². The van der Waals surface area contributed by atoms with Crippen molar-refractivity contribution in [2.75, 3.05) is 6.54 Å². The minimum atomic E-state index is -4.57. The molecule has 1 N–H and O–H groups in total. The molecule has 4 nitrogen and oxygen atoms in total. The molecule has 0 bridgehead atoms. The molecular weight excluding hydrogens is 438 g/mol. The monoisotopic (exact) mass is 467 g/mol. The number of hydrogen-bond donors (Lipinski definition) is 1. The van der Waals surface area contributed by atoms with Crippen LogP contribution in [0.1, 0.15) is 62.3 Å². The number of likely N-dealkylation sites (tertiary alicyclic amines) is 1. The van der Waals surface area contributed by atoms with Crippen molar-refractivity contribution < 1.29 is 32.2 Å². The molecule has 1 saturated heterocycles. The summed E-state index contributed by atoms with van der Waals surface area (Å²) in [5, 5.41) is 9.58. The van der Waals surface area contributed by atoms with Gasteiger partial charge >= 0.3 is 12.1 Å². The number of piperidine rings is 1. The van der Waals surface area contributed by atoms with E-state index >= 15 is 0 Å². The predicted octanol–water partition coefficient (Wildman–Crippen LogP) is 6.16. The first-order chi connectivity index (χ1) is 15.4. The van der Waals surface area contributed by atoms with Gasteiger partial charge in [0.25, 0.3) is 0 Å². The summed E-state index contributed by atoms with van der Waals surface area (Å²) in [7, 11) is 0. The number of hydrogen-bond acceptors (Lipinski definition) is 3. The number of carboxylic acids is 1. The Morgan fingerprint density at radius 1 is 1.09 bits per heavy atom. The standard InChI is InChI=1S/C25H29F4NO3/c1-24(2,3)19-13-22(33-15-16-7-9-18(26)10-8-16)17(12-20(19)25(27,28)29)14-30-11-5-4-6-21(30)23(31)32/h7-10,12-13,21H,4-6,11,14-15H2,1-3H3,(H,31,32)/t21-/m0/s1. The highest BCUT2D eigenvalue weighted by atomic mass is 19.4. The van der Waals surface area contributed by atoms with E-state index in [-0.39, 0.29) is 30.0 Å². The first-order valence-electron chi connectivity index (χ1n) is 10.9. The van der Waals surface area contributed by atoms with Gasteiger partial charge in [-0.25, -0.2) is 4.39 Å². The summed E-state index contributed by atoms with van der Waals surface area (Å²) in [4.78, 5) is 13.4. The predicted molar refractivity (Wildman–Crippen MR) is 117 cm³/mol. The van der Waals surface area contributed by atoms with Gasteiger partial charge in [0, 0.05) is 12.1 Å². The van der Waals surface area contributed by atoms with Gasteiger partial charge in [0.05, 0.1) is 5.56 Å². The number of alkyl halides is 3. The van der Waals surface area contributed by atoms with E-state index in [1.807, 2.05) is 0 Å². The maximum Gasteiger partial charge on any atom is 0.416 e. The molecule has 1 aliphatic rings. The van der Waals surface area contributed by atoms with Crippen LogP contribution in [0.3, 0.4) is 0 Å². The summed E-state index contributed by atoms with van der Waals surface area (Å²) >= 11 is 0. The van der Waals surface area contributed by atoms with E-state index in [4.69, 9.17) is 4.74 Å². The second-order valence-electron chi connectivity index (χ2n) is 9.49. The van der Waals surface area contributed by atoms with E-state index in [9.17, 15) is 27.5 Å². The van der Waals surface area contributed by atoms with Gasteiger partial charge in [-0.1, -0.05) is 39.3 Å². The molecule has 0 radical (unpaired) electrons. The number of benzene rings is 2. The molecule has 0 unspecified atom stereocenters. The first kappa shape index (κ1) is 25.0. The van der Waals surface area contributed by atoms with E-state index in [0.29, 0.717) is 18.5 Å². The highest BCUT2D eigenvalue weighted by Gasteiger charge is 2.38. The Morgan fingerprint density at radius 3 is 2.33 bits per heavy atom. The third kappa shape index (κ3) is 6.25. The number of nitrogens with zero attached hydrogens (tertiary/aromatic N) is 1. The summed E-state index contributed by atoms with van der Waals surface area (Å²) in [6.07, 6.45) is -2.58. The Kier molecular flexibility index (Phi) is 7.36. The van der Waals surface area contributed by atoms with E-state index < -0.39 is 35.0 Å². The van der Waals surface area contributed by atoms with E-state index in [2.05, 4.69) is 0 Å². The molecule has 3 rings (SSSR count). The number of halogens is 4. The van der Waals surface area contributed by atoms with Gasteiger partial charge in [0.15, 0.2) is 0 Å². The zero-order valence-corrected chi connectivity index (χ0v) is 19.0. The number of aliphatic carboxylic acids is 1. The Labute approximate surface area is 191 Å². The maximum atomic E-state index is 14.0. The fourth-order valence-corrected chi connectivity index (χ4v) is 4.16. The molecule has 2 aromatic rings. The number of rotatable bonds is 6. The average Bonchev–Trinajstić information content (AvgIpc) is 2.72. The number of carbonyl (C=O) groups is 1. The van der Waals surface area contributed by atoms with Crippen LogP contribution in [0.5, 0.6) is 5.75 Å². The molecule has 0 spiro atoms. The van der Waals surface area contributed by atoms with Crippen LogP contribution in [-0.2, 0) is 29.5 Å². The van der Waals surface area contributed by atoms with Gasteiger partial charge in [-0.05, 0) is 60.2 Å². The Hall–Kier alpha value is -2.61. The molecule has 0 amide bonds. The van der Waals surface area contributed by atoms with Gasteiger partial charge in [0.1, 0.15) is 24.2 Å². The number of ether oxygens (including phenoxy) is 1. The third-order valence-corrected chi connectivity index (χ3v) is 5.89. The van der Waals surface area contributed by atoms with Crippen molar-refractivity contribution in [1.29, 1.82) is 0 Å². The van der Waals surface area contributed by atoms with Crippen molar-refractivity contribution in [3.63, 3.8) is 0 Å². The molecule has 0 saturated carbocycles. The van der Waals surface area contributed by atoms with Crippen LogP contribution in [0, 0.1) is 5.82 Å². The smallest absolute Gasteiger partial charge is 0.416 e. The van der Waals surface area contributed by atoms with Crippen LogP contribution in [0.25, 0.3) is 0 Å². The van der Waals surface area contributed by atoms with Gasteiger partial charge in [-0.2, -0.15) is 13.2 Å². The second-order valence-corrected chi connectivity index (χ2v) is 9.49. The van der Waals surface area contributed by atoms with Crippen LogP contribution < -0.4 is 4.74 Å². The molecule has 1 aliphatic heterocycles. The van der Waals surface area contributed by atoms with Crippen molar-refractivity contribution in [3.05, 3.63) is 64.5 Å². The van der Waals surface area contributed by atoms with E-state index in [1.54, 1.807) is 37.8 Å².